The second-order valence-electron chi connectivity index (χ2n) is 4.08. The van der Waals surface area contributed by atoms with Crippen molar-refractivity contribution in [3.8, 4) is 0 Å². The summed E-state index contributed by atoms with van der Waals surface area (Å²) in [5.74, 6) is 0.376. The van der Waals surface area contributed by atoms with Crippen LogP contribution < -0.4 is 10.0 Å². The van der Waals surface area contributed by atoms with Crippen molar-refractivity contribution >= 4 is 16.0 Å². The number of nitrogens with one attached hydrogen (secondary N) is 3. The van der Waals surface area contributed by atoms with Crippen molar-refractivity contribution in [3.05, 3.63) is 11.3 Å². The zero-order valence-corrected chi connectivity index (χ0v) is 10.8. The van der Waals surface area contributed by atoms with Crippen molar-refractivity contribution in [1.82, 2.24) is 19.8 Å². The summed E-state index contributed by atoms with van der Waals surface area (Å²) in [5.41, 5.74) is 1.69. The third-order valence-electron chi connectivity index (χ3n) is 2.89. The van der Waals surface area contributed by atoms with Gasteiger partial charge in [0.1, 0.15) is 0 Å². The molecule has 1 aliphatic rings. The molecule has 0 radical (unpaired) electrons. The van der Waals surface area contributed by atoms with Crippen LogP contribution in [0.2, 0.25) is 0 Å². The van der Waals surface area contributed by atoms with E-state index in [2.05, 4.69) is 20.2 Å². The molecule has 0 aromatic carbocycles. The summed E-state index contributed by atoms with van der Waals surface area (Å²) in [6, 6.07) is 0. The number of nitrogens with zero attached hydrogens (tertiary/aromatic N) is 2. The van der Waals surface area contributed by atoms with E-state index in [0.29, 0.717) is 32.0 Å². The summed E-state index contributed by atoms with van der Waals surface area (Å²) in [6.07, 6.45) is 0. The van der Waals surface area contributed by atoms with Gasteiger partial charge in [-0.05, 0) is 13.8 Å². The largest absolute Gasteiger partial charge is 0.314 e. The van der Waals surface area contributed by atoms with Crippen LogP contribution in [0.15, 0.2) is 0 Å². The lowest BCUT2D eigenvalue weighted by atomic mass is 10.3. The van der Waals surface area contributed by atoms with Gasteiger partial charge < -0.3 is 5.32 Å². The number of aromatic nitrogens is 2. The van der Waals surface area contributed by atoms with Crippen molar-refractivity contribution < 1.29 is 8.42 Å². The van der Waals surface area contributed by atoms with Gasteiger partial charge in [0.15, 0.2) is 5.82 Å². The molecule has 1 fully saturated rings. The first-order valence-electron chi connectivity index (χ1n) is 5.51. The van der Waals surface area contributed by atoms with E-state index in [0.717, 1.165) is 11.3 Å². The highest BCUT2D eigenvalue weighted by molar-refractivity contribution is 7.90. The minimum absolute atomic E-state index is 0.376. The Morgan fingerprint density at radius 1 is 1.29 bits per heavy atom. The van der Waals surface area contributed by atoms with E-state index in [1.54, 1.807) is 0 Å². The van der Waals surface area contributed by atoms with Crippen LogP contribution in [0.1, 0.15) is 11.3 Å². The highest BCUT2D eigenvalue weighted by Gasteiger charge is 2.25. The minimum atomic E-state index is -3.48. The number of rotatable bonds is 3. The van der Waals surface area contributed by atoms with Crippen LogP contribution in [0.5, 0.6) is 0 Å². The summed E-state index contributed by atoms with van der Waals surface area (Å²) < 4.78 is 28.0. The Bertz CT molecular complexity index is 489. The second kappa shape index (κ2) is 4.63. The van der Waals surface area contributed by atoms with Crippen LogP contribution in [-0.2, 0) is 10.2 Å². The number of aromatic amines is 1. The molecule has 1 aliphatic heterocycles. The first kappa shape index (κ1) is 12.3. The minimum Gasteiger partial charge on any atom is -0.314 e. The van der Waals surface area contributed by atoms with E-state index >= 15 is 0 Å². The molecule has 0 unspecified atom stereocenters. The van der Waals surface area contributed by atoms with E-state index in [-0.39, 0.29) is 0 Å². The highest BCUT2D eigenvalue weighted by atomic mass is 32.2. The van der Waals surface area contributed by atoms with Crippen molar-refractivity contribution in [3.63, 3.8) is 0 Å². The van der Waals surface area contributed by atoms with Gasteiger partial charge >= 0.3 is 10.2 Å². The van der Waals surface area contributed by atoms with Gasteiger partial charge in [-0.1, -0.05) is 0 Å². The lowest BCUT2D eigenvalue weighted by Gasteiger charge is -2.26. The van der Waals surface area contributed by atoms with Gasteiger partial charge in [0, 0.05) is 37.4 Å². The molecule has 17 heavy (non-hydrogen) atoms. The van der Waals surface area contributed by atoms with E-state index in [1.165, 1.54) is 4.31 Å². The molecular weight excluding hydrogens is 242 g/mol. The molecule has 3 N–H and O–H groups in total. The van der Waals surface area contributed by atoms with Crippen molar-refractivity contribution in [2.45, 2.75) is 13.8 Å². The number of H-pyrrole nitrogens is 1. The molecule has 0 atom stereocenters. The van der Waals surface area contributed by atoms with Crippen LogP contribution in [0.3, 0.4) is 0 Å². The number of piperazine rings is 1. The summed E-state index contributed by atoms with van der Waals surface area (Å²) in [6.45, 7) is 6.01. The summed E-state index contributed by atoms with van der Waals surface area (Å²) in [5, 5.41) is 9.80. The topological polar surface area (TPSA) is 90.1 Å². The number of hydrogen-bond acceptors (Lipinski definition) is 4. The van der Waals surface area contributed by atoms with Gasteiger partial charge in [0.2, 0.25) is 0 Å². The number of anilines is 1. The predicted octanol–water partition coefficient (Wildman–Crippen LogP) is -0.412. The highest BCUT2D eigenvalue weighted by Crippen LogP contribution is 2.16. The first-order chi connectivity index (χ1) is 8.00. The Kier molecular flexibility index (Phi) is 3.36. The Balaban J connectivity index is 2.14. The van der Waals surface area contributed by atoms with E-state index < -0.39 is 10.2 Å². The molecule has 2 heterocycles. The van der Waals surface area contributed by atoms with E-state index in [9.17, 15) is 8.42 Å². The van der Waals surface area contributed by atoms with Crippen molar-refractivity contribution in [2.24, 2.45) is 0 Å². The second-order valence-corrected chi connectivity index (χ2v) is 5.75. The third kappa shape index (κ3) is 2.59. The number of aryl methyl sites for hydroxylation is 1. The molecule has 0 amide bonds. The molecule has 1 aromatic rings. The molecule has 2 rings (SSSR count). The lowest BCUT2D eigenvalue weighted by Crippen LogP contribution is -2.48. The average molecular weight is 259 g/mol. The van der Waals surface area contributed by atoms with E-state index in [4.69, 9.17) is 0 Å². The van der Waals surface area contributed by atoms with Crippen molar-refractivity contribution in [1.29, 1.82) is 0 Å². The Labute approximate surface area is 101 Å². The fraction of sp³-hybridized carbons (Fsp3) is 0.667. The SMILES string of the molecule is Cc1[nH]nc(NS(=O)(=O)N2CCNCC2)c1C. The Morgan fingerprint density at radius 3 is 2.47 bits per heavy atom. The lowest BCUT2D eigenvalue weighted by molar-refractivity contribution is 0.362. The maximum atomic E-state index is 12.0. The van der Waals surface area contributed by atoms with Crippen LogP contribution >= 0.6 is 0 Å². The zero-order valence-electron chi connectivity index (χ0n) is 9.95. The van der Waals surface area contributed by atoms with Crippen molar-refractivity contribution in [2.75, 3.05) is 30.9 Å². The summed E-state index contributed by atoms with van der Waals surface area (Å²) in [4.78, 5) is 0. The molecule has 1 saturated heterocycles. The van der Waals surface area contributed by atoms with Crippen LogP contribution in [0.25, 0.3) is 0 Å². The Hall–Kier alpha value is -1.12. The molecule has 8 heteroatoms. The van der Waals surface area contributed by atoms with E-state index in [1.807, 2.05) is 13.8 Å². The maximum absolute atomic E-state index is 12.0. The molecule has 0 spiro atoms. The van der Waals surface area contributed by atoms with Crippen LogP contribution in [0.4, 0.5) is 5.82 Å². The van der Waals surface area contributed by atoms with Gasteiger partial charge in [-0.15, -0.1) is 0 Å². The molecule has 0 bridgehead atoms. The van der Waals surface area contributed by atoms with Gasteiger partial charge in [0.25, 0.3) is 0 Å². The monoisotopic (exact) mass is 259 g/mol. The maximum Gasteiger partial charge on any atom is 0.302 e. The molecule has 0 aliphatic carbocycles. The van der Waals surface area contributed by atoms with Crippen LogP contribution in [-0.4, -0.2) is 49.1 Å². The summed E-state index contributed by atoms with van der Waals surface area (Å²) in [7, 11) is -3.48. The molecule has 0 saturated carbocycles. The Morgan fingerprint density at radius 2 is 1.94 bits per heavy atom. The molecule has 7 nitrogen and oxygen atoms in total. The standard InChI is InChI=1S/C9H17N5O2S/c1-7-8(2)11-12-9(7)13-17(15,16)14-5-3-10-4-6-14/h10H,3-6H2,1-2H3,(H2,11,12,13). The predicted molar refractivity (Wildman–Crippen MR) is 65.0 cm³/mol. The zero-order chi connectivity index (χ0) is 12.5. The van der Waals surface area contributed by atoms with Gasteiger partial charge in [-0.2, -0.15) is 17.8 Å². The first-order valence-corrected chi connectivity index (χ1v) is 6.95. The average Bonchev–Trinajstić information content (AvgIpc) is 2.62. The smallest absolute Gasteiger partial charge is 0.302 e. The fourth-order valence-electron chi connectivity index (χ4n) is 1.66. The van der Waals surface area contributed by atoms with Gasteiger partial charge in [0.05, 0.1) is 0 Å². The molecule has 1 aromatic heterocycles. The fourth-order valence-corrected chi connectivity index (χ4v) is 2.89. The molecular formula is C9H17N5O2S. The third-order valence-corrected chi connectivity index (χ3v) is 4.39. The normalized spacial score (nSPS) is 18.2. The van der Waals surface area contributed by atoms with Crippen LogP contribution in [0, 0.1) is 13.8 Å². The summed E-state index contributed by atoms with van der Waals surface area (Å²) >= 11 is 0. The quantitative estimate of drug-likeness (QED) is 0.688. The van der Waals surface area contributed by atoms with Gasteiger partial charge in [-0.25, -0.2) is 0 Å². The molecule has 96 valence electrons. The van der Waals surface area contributed by atoms with Gasteiger partial charge in [-0.3, -0.25) is 9.82 Å². The number of hydrogen-bond donors (Lipinski definition) is 3.